The number of aromatic nitrogens is 1. The summed E-state index contributed by atoms with van der Waals surface area (Å²) in [5, 5.41) is 24.8. The number of amides is 1. The van der Waals surface area contributed by atoms with Gasteiger partial charge in [0.15, 0.2) is 11.5 Å². The molecule has 2 rings (SSSR count). The number of hydrogen-bond acceptors (Lipinski definition) is 7. The number of non-ortho nitro benzene ring substituents is 1. The highest BCUT2D eigenvalue weighted by Gasteiger charge is 2.16. The lowest BCUT2D eigenvalue weighted by molar-refractivity contribution is -0.385. The van der Waals surface area contributed by atoms with Crippen LogP contribution in [0.5, 0.6) is 11.5 Å². The topological polar surface area (TPSA) is 127 Å². The van der Waals surface area contributed by atoms with Crippen LogP contribution in [0.25, 0.3) is 0 Å². The second-order valence-corrected chi connectivity index (χ2v) is 4.96. The summed E-state index contributed by atoms with van der Waals surface area (Å²) >= 11 is 0. The lowest BCUT2D eigenvalue weighted by atomic mass is 10.1. The molecule has 0 radical (unpaired) electrons. The van der Waals surface area contributed by atoms with Crippen LogP contribution in [0, 0.1) is 17.0 Å². The van der Waals surface area contributed by atoms with Gasteiger partial charge in [0.25, 0.3) is 11.6 Å². The van der Waals surface area contributed by atoms with E-state index in [-0.39, 0.29) is 29.4 Å². The molecule has 0 saturated heterocycles. The number of nitro groups is 1. The predicted molar refractivity (Wildman–Crippen MR) is 90.0 cm³/mol. The zero-order chi connectivity index (χ0) is 18.4. The number of pyridine rings is 1. The number of aromatic hydroxyl groups is 1. The van der Waals surface area contributed by atoms with Crippen molar-refractivity contribution in [1.82, 2.24) is 10.4 Å². The van der Waals surface area contributed by atoms with Crippen molar-refractivity contribution >= 4 is 17.8 Å². The van der Waals surface area contributed by atoms with Crippen LogP contribution in [0.4, 0.5) is 5.69 Å². The number of carbonyl (C=O) groups excluding carboxylic acids is 1. The Morgan fingerprint density at radius 3 is 2.84 bits per heavy atom. The van der Waals surface area contributed by atoms with Crippen LogP contribution in [0.3, 0.4) is 0 Å². The average molecular weight is 344 g/mol. The summed E-state index contributed by atoms with van der Waals surface area (Å²) in [6.45, 7) is 3.70. The molecular weight excluding hydrogens is 328 g/mol. The molecule has 0 spiro atoms. The van der Waals surface area contributed by atoms with Crippen LogP contribution >= 0.6 is 0 Å². The first-order valence-electron chi connectivity index (χ1n) is 7.32. The third-order valence-electron chi connectivity index (χ3n) is 3.14. The van der Waals surface area contributed by atoms with E-state index < -0.39 is 10.8 Å². The lowest BCUT2D eigenvalue weighted by Crippen LogP contribution is -2.17. The van der Waals surface area contributed by atoms with Crippen LogP contribution in [0.1, 0.15) is 28.5 Å². The fourth-order valence-electron chi connectivity index (χ4n) is 1.91. The van der Waals surface area contributed by atoms with Gasteiger partial charge in [-0.2, -0.15) is 5.10 Å². The summed E-state index contributed by atoms with van der Waals surface area (Å²) in [5.41, 5.74) is 3.11. The number of nitro benzene ring substituents is 1. The molecule has 2 N–H and O–H groups in total. The number of hydrazone groups is 1. The molecule has 1 aromatic carbocycles. The molecule has 25 heavy (non-hydrogen) atoms. The van der Waals surface area contributed by atoms with Crippen molar-refractivity contribution in [2.45, 2.75) is 13.8 Å². The fraction of sp³-hybridized carbons (Fsp3) is 0.188. The van der Waals surface area contributed by atoms with Crippen LogP contribution in [0.2, 0.25) is 0 Å². The largest absolute Gasteiger partial charge is 0.504 e. The van der Waals surface area contributed by atoms with Gasteiger partial charge in [-0.3, -0.25) is 19.9 Å². The van der Waals surface area contributed by atoms with Crippen LogP contribution in [-0.4, -0.2) is 33.7 Å². The van der Waals surface area contributed by atoms with Gasteiger partial charge in [-0.15, -0.1) is 0 Å². The van der Waals surface area contributed by atoms with E-state index in [1.54, 1.807) is 26.0 Å². The summed E-state index contributed by atoms with van der Waals surface area (Å²) < 4.78 is 5.16. The average Bonchev–Trinajstić information content (AvgIpc) is 2.58. The molecule has 1 amide bonds. The number of ether oxygens (including phenoxy) is 1. The Balaban J connectivity index is 2.20. The molecule has 0 fully saturated rings. The molecular formula is C16H16N4O5. The fourth-order valence-corrected chi connectivity index (χ4v) is 1.91. The maximum Gasteiger partial charge on any atom is 0.274 e. The molecule has 0 saturated carbocycles. The number of carbonyl (C=O) groups is 1. The van der Waals surface area contributed by atoms with Crippen molar-refractivity contribution in [3.05, 3.63) is 57.4 Å². The number of nitrogens with zero attached hydrogens (tertiary/aromatic N) is 3. The Kier molecular flexibility index (Phi) is 5.62. The molecule has 130 valence electrons. The van der Waals surface area contributed by atoms with E-state index >= 15 is 0 Å². The number of aryl methyl sites for hydroxylation is 1. The van der Waals surface area contributed by atoms with Crippen LogP contribution in [0.15, 0.2) is 35.6 Å². The molecule has 0 aliphatic rings. The summed E-state index contributed by atoms with van der Waals surface area (Å²) in [6.07, 6.45) is 2.50. The SMILES string of the molecule is CCOc1cc([N+](=O)[O-])cc(/C=N/NC(=O)c2ccc(C)nc2)c1O. The standard InChI is InChI=1S/C16H16N4O5/c1-3-25-14-7-13(20(23)24)6-12(15(14)21)9-18-19-16(22)11-5-4-10(2)17-8-11/h4-9,21H,3H2,1-2H3,(H,19,22)/b18-9+. The zero-order valence-electron chi connectivity index (χ0n) is 13.6. The quantitative estimate of drug-likeness (QED) is 0.470. The van der Waals surface area contributed by atoms with Crippen molar-refractivity contribution in [2.24, 2.45) is 5.10 Å². The van der Waals surface area contributed by atoms with Gasteiger partial charge in [0.05, 0.1) is 29.4 Å². The normalized spacial score (nSPS) is 10.6. The van der Waals surface area contributed by atoms with Crippen LogP contribution in [-0.2, 0) is 0 Å². The first-order chi connectivity index (χ1) is 11.9. The Morgan fingerprint density at radius 2 is 2.24 bits per heavy atom. The third-order valence-corrected chi connectivity index (χ3v) is 3.14. The Labute approximate surface area is 143 Å². The summed E-state index contributed by atoms with van der Waals surface area (Å²) in [5.74, 6) is -0.839. The van der Waals surface area contributed by atoms with E-state index in [4.69, 9.17) is 4.74 Å². The van der Waals surface area contributed by atoms with E-state index in [0.29, 0.717) is 5.56 Å². The second kappa shape index (κ2) is 7.86. The number of nitrogens with one attached hydrogen (secondary N) is 1. The molecule has 9 nitrogen and oxygen atoms in total. The first kappa shape index (κ1) is 17.9. The van der Waals surface area contributed by atoms with Crippen molar-refractivity contribution in [3.8, 4) is 11.5 Å². The molecule has 2 aromatic rings. The van der Waals surface area contributed by atoms with E-state index in [0.717, 1.165) is 24.0 Å². The number of rotatable bonds is 6. The predicted octanol–water partition coefficient (Wildman–Crippen LogP) is 2.17. The zero-order valence-corrected chi connectivity index (χ0v) is 13.6. The molecule has 1 aromatic heterocycles. The number of phenols is 1. The maximum atomic E-state index is 11.9. The summed E-state index contributed by atoms with van der Waals surface area (Å²) in [6, 6.07) is 5.51. The highest BCUT2D eigenvalue weighted by molar-refractivity contribution is 5.95. The molecule has 0 aliphatic heterocycles. The van der Waals surface area contributed by atoms with Gasteiger partial charge in [0.2, 0.25) is 0 Å². The summed E-state index contributed by atoms with van der Waals surface area (Å²) in [7, 11) is 0. The van der Waals surface area contributed by atoms with Crippen molar-refractivity contribution < 1.29 is 19.6 Å². The Morgan fingerprint density at radius 1 is 1.48 bits per heavy atom. The highest BCUT2D eigenvalue weighted by atomic mass is 16.6. The van der Waals surface area contributed by atoms with Gasteiger partial charge in [-0.1, -0.05) is 0 Å². The summed E-state index contributed by atoms with van der Waals surface area (Å²) in [4.78, 5) is 26.3. The van der Waals surface area contributed by atoms with Gasteiger partial charge >= 0.3 is 0 Å². The second-order valence-electron chi connectivity index (χ2n) is 4.96. The minimum absolute atomic E-state index is 0.0350. The Hall–Kier alpha value is -3.49. The van der Waals surface area contributed by atoms with Gasteiger partial charge in [0, 0.05) is 23.5 Å². The van der Waals surface area contributed by atoms with Gasteiger partial charge < -0.3 is 9.84 Å². The first-order valence-corrected chi connectivity index (χ1v) is 7.32. The number of benzene rings is 1. The molecule has 0 aliphatic carbocycles. The Bertz CT molecular complexity index is 818. The van der Waals surface area contributed by atoms with Crippen molar-refractivity contribution in [2.75, 3.05) is 6.61 Å². The molecule has 0 atom stereocenters. The van der Waals surface area contributed by atoms with E-state index in [9.17, 15) is 20.0 Å². The molecule has 0 unspecified atom stereocenters. The van der Waals surface area contributed by atoms with Gasteiger partial charge in [-0.25, -0.2) is 5.43 Å². The minimum atomic E-state index is -0.615. The third kappa shape index (κ3) is 4.50. The van der Waals surface area contributed by atoms with E-state index in [1.165, 1.54) is 6.20 Å². The highest BCUT2D eigenvalue weighted by Crippen LogP contribution is 2.33. The number of phenolic OH excluding ortho intramolecular Hbond substituents is 1. The molecule has 1 heterocycles. The van der Waals surface area contributed by atoms with Gasteiger partial charge in [-0.05, 0) is 26.0 Å². The van der Waals surface area contributed by atoms with E-state index in [1.807, 2.05) is 0 Å². The molecule has 9 heteroatoms. The smallest absolute Gasteiger partial charge is 0.274 e. The number of hydrogen-bond donors (Lipinski definition) is 2. The molecule has 0 bridgehead atoms. The van der Waals surface area contributed by atoms with Crippen LogP contribution < -0.4 is 10.2 Å². The van der Waals surface area contributed by atoms with Gasteiger partial charge in [0.1, 0.15) is 0 Å². The van der Waals surface area contributed by atoms with Crippen molar-refractivity contribution in [3.63, 3.8) is 0 Å². The van der Waals surface area contributed by atoms with Crippen molar-refractivity contribution in [1.29, 1.82) is 0 Å². The monoisotopic (exact) mass is 344 g/mol. The van der Waals surface area contributed by atoms with E-state index in [2.05, 4.69) is 15.5 Å². The lowest BCUT2D eigenvalue weighted by Gasteiger charge is -2.07. The minimum Gasteiger partial charge on any atom is -0.504 e. The maximum absolute atomic E-state index is 11.9.